The van der Waals surface area contributed by atoms with E-state index < -0.39 is 5.97 Å². The normalized spacial score (nSPS) is 18.6. The van der Waals surface area contributed by atoms with Crippen LogP contribution in [0.2, 0.25) is 0 Å². The van der Waals surface area contributed by atoms with Gasteiger partial charge in [0, 0.05) is 7.05 Å². The minimum atomic E-state index is -0.748. The largest absolute Gasteiger partial charge is 0.489 e. The van der Waals surface area contributed by atoms with Crippen molar-refractivity contribution in [2.45, 2.75) is 65.5 Å². The monoisotopic (exact) mass is 454 g/mol. The molecule has 2 atom stereocenters. The summed E-state index contributed by atoms with van der Waals surface area (Å²) in [6.45, 7) is 6.80. The third-order valence-electron chi connectivity index (χ3n) is 5.84. The summed E-state index contributed by atoms with van der Waals surface area (Å²) in [5.41, 5.74) is 2.92. The van der Waals surface area contributed by atoms with Gasteiger partial charge in [-0.3, -0.25) is 9.48 Å². The van der Waals surface area contributed by atoms with Crippen LogP contribution in [0, 0.1) is 18.8 Å². The number of rotatable bonds is 8. The summed E-state index contributed by atoms with van der Waals surface area (Å²) < 4.78 is 7.83. The number of aliphatic carboxylic acids is 1. The number of hydrogen-bond donors (Lipinski definition) is 1. The SMILES string of the molecule is Cc1nc(-c2nnn(C)c2Cc2nnn(CC(C)C)n2)ccc1O[C@H]1CCC[C@H](C(=O)O)C1. The lowest BCUT2D eigenvalue weighted by molar-refractivity contribution is -0.143. The molecule has 3 aromatic heterocycles. The molecule has 1 aliphatic rings. The molecule has 0 amide bonds. The van der Waals surface area contributed by atoms with E-state index in [0.29, 0.717) is 54.7 Å². The van der Waals surface area contributed by atoms with Crippen LogP contribution in [-0.2, 0) is 24.8 Å². The molecule has 1 N–H and O–H groups in total. The number of nitrogens with zero attached hydrogens (tertiary/aromatic N) is 8. The molecule has 3 aromatic rings. The smallest absolute Gasteiger partial charge is 0.306 e. The van der Waals surface area contributed by atoms with Gasteiger partial charge >= 0.3 is 5.97 Å². The molecule has 0 saturated heterocycles. The van der Waals surface area contributed by atoms with Crippen molar-refractivity contribution >= 4 is 5.97 Å². The van der Waals surface area contributed by atoms with Gasteiger partial charge in [-0.05, 0) is 55.9 Å². The van der Waals surface area contributed by atoms with Crippen LogP contribution in [-0.4, -0.2) is 57.4 Å². The van der Waals surface area contributed by atoms with E-state index in [4.69, 9.17) is 9.72 Å². The second-order valence-electron chi connectivity index (χ2n) is 9.06. The summed E-state index contributed by atoms with van der Waals surface area (Å²) in [5, 5.41) is 30.6. The van der Waals surface area contributed by atoms with Crippen molar-refractivity contribution < 1.29 is 14.6 Å². The molecule has 1 saturated carbocycles. The summed E-state index contributed by atoms with van der Waals surface area (Å²) in [5.74, 6) is 0.605. The van der Waals surface area contributed by atoms with Gasteiger partial charge in [-0.2, -0.15) is 4.80 Å². The molecule has 3 heterocycles. The molecule has 176 valence electrons. The highest BCUT2D eigenvalue weighted by Crippen LogP contribution is 2.30. The van der Waals surface area contributed by atoms with Gasteiger partial charge in [-0.25, -0.2) is 4.98 Å². The van der Waals surface area contributed by atoms with Crippen LogP contribution < -0.4 is 4.74 Å². The van der Waals surface area contributed by atoms with Gasteiger partial charge in [0.05, 0.1) is 42.1 Å². The third-order valence-corrected chi connectivity index (χ3v) is 5.84. The molecule has 4 rings (SSSR count). The fraction of sp³-hybridized carbons (Fsp3) is 0.591. The van der Waals surface area contributed by atoms with E-state index in [9.17, 15) is 9.90 Å². The van der Waals surface area contributed by atoms with Crippen LogP contribution in [0.4, 0.5) is 0 Å². The number of tetrazole rings is 1. The number of carboxylic acid groups (broad SMARTS) is 1. The highest BCUT2D eigenvalue weighted by atomic mass is 16.5. The van der Waals surface area contributed by atoms with Crippen LogP contribution in [0.5, 0.6) is 5.75 Å². The second kappa shape index (κ2) is 9.63. The van der Waals surface area contributed by atoms with Gasteiger partial charge in [-0.15, -0.1) is 15.3 Å². The van der Waals surface area contributed by atoms with Crippen molar-refractivity contribution in [3.8, 4) is 17.1 Å². The molecule has 0 radical (unpaired) electrons. The first-order chi connectivity index (χ1) is 15.8. The van der Waals surface area contributed by atoms with E-state index >= 15 is 0 Å². The summed E-state index contributed by atoms with van der Waals surface area (Å²) >= 11 is 0. The lowest BCUT2D eigenvalue weighted by Crippen LogP contribution is -2.29. The van der Waals surface area contributed by atoms with Crippen molar-refractivity contribution in [1.29, 1.82) is 0 Å². The molecule has 0 spiro atoms. The van der Waals surface area contributed by atoms with E-state index in [1.165, 1.54) is 0 Å². The van der Waals surface area contributed by atoms with Gasteiger partial charge in [0.1, 0.15) is 11.4 Å². The first-order valence-electron chi connectivity index (χ1n) is 11.3. The predicted molar refractivity (Wildman–Crippen MR) is 118 cm³/mol. The fourth-order valence-corrected chi connectivity index (χ4v) is 4.14. The Bertz CT molecular complexity index is 1120. The molecule has 33 heavy (non-hydrogen) atoms. The van der Waals surface area contributed by atoms with E-state index in [0.717, 1.165) is 24.2 Å². The maximum Gasteiger partial charge on any atom is 0.306 e. The number of ether oxygens (including phenoxy) is 1. The standard InChI is InChI=1S/C22H30N8O3/c1-13(2)12-30-26-20(24-28-30)11-18-21(25-27-29(18)4)17-8-9-19(14(3)23-17)33-16-7-5-6-15(10-16)22(31)32/h8-9,13,15-16H,5-7,10-12H2,1-4H3,(H,31,32)/t15-,16-/m0/s1. The summed E-state index contributed by atoms with van der Waals surface area (Å²) in [7, 11) is 1.83. The van der Waals surface area contributed by atoms with Crippen LogP contribution in [0.1, 0.15) is 56.7 Å². The molecule has 0 unspecified atom stereocenters. The van der Waals surface area contributed by atoms with Crippen molar-refractivity contribution in [1.82, 2.24) is 40.2 Å². The molecule has 11 nitrogen and oxygen atoms in total. The average Bonchev–Trinajstić information content (AvgIpc) is 3.36. The minimum Gasteiger partial charge on any atom is -0.489 e. The van der Waals surface area contributed by atoms with Crippen molar-refractivity contribution in [2.75, 3.05) is 0 Å². The molecule has 0 aromatic carbocycles. The van der Waals surface area contributed by atoms with Gasteiger partial charge < -0.3 is 9.84 Å². The maximum absolute atomic E-state index is 11.3. The zero-order chi connectivity index (χ0) is 23.5. The lowest BCUT2D eigenvalue weighted by Gasteiger charge is -2.27. The fourth-order valence-electron chi connectivity index (χ4n) is 4.14. The van der Waals surface area contributed by atoms with Gasteiger partial charge in [0.15, 0.2) is 5.82 Å². The number of aromatic nitrogens is 8. The number of carboxylic acids is 1. The number of hydrogen-bond acceptors (Lipinski definition) is 8. The quantitative estimate of drug-likeness (QED) is 0.544. The predicted octanol–water partition coefficient (Wildman–Crippen LogP) is 2.44. The van der Waals surface area contributed by atoms with Gasteiger partial charge in [0.2, 0.25) is 0 Å². The summed E-state index contributed by atoms with van der Waals surface area (Å²) in [6, 6.07) is 3.73. The van der Waals surface area contributed by atoms with Crippen LogP contribution >= 0.6 is 0 Å². The first-order valence-corrected chi connectivity index (χ1v) is 11.3. The minimum absolute atomic E-state index is 0.113. The van der Waals surface area contributed by atoms with Crippen molar-refractivity contribution in [2.24, 2.45) is 18.9 Å². The molecule has 1 fully saturated rings. The Morgan fingerprint density at radius 2 is 2.06 bits per heavy atom. The van der Waals surface area contributed by atoms with Crippen LogP contribution in [0.15, 0.2) is 12.1 Å². The number of pyridine rings is 1. The number of carbonyl (C=O) groups is 1. The zero-order valence-electron chi connectivity index (χ0n) is 19.5. The second-order valence-corrected chi connectivity index (χ2v) is 9.06. The molecule has 1 aliphatic carbocycles. The Morgan fingerprint density at radius 3 is 2.79 bits per heavy atom. The van der Waals surface area contributed by atoms with Gasteiger partial charge in [0.25, 0.3) is 0 Å². The Balaban J connectivity index is 1.50. The highest BCUT2D eigenvalue weighted by Gasteiger charge is 2.28. The van der Waals surface area contributed by atoms with Crippen LogP contribution in [0.3, 0.4) is 0 Å². The highest BCUT2D eigenvalue weighted by molar-refractivity contribution is 5.70. The Labute approximate surface area is 192 Å². The Hall–Kier alpha value is -3.37. The molecular weight excluding hydrogens is 424 g/mol. The van der Waals surface area contributed by atoms with Crippen molar-refractivity contribution in [3.05, 3.63) is 29.3 Å². The molecular formula is C22H30N8O3. The molecule has 11 heteroatoms. The Morgan fingerprint density at radius 1 is 1.24 bits per heavy atom. The average molecular weight is 455 g/mol. The Kier molecular flexibility index (Phi) is 6.66. The van der Waals surface area contributed by atoms with E-state index in [1.54, 1.807) is 9.48 Å². The van der Waals surface area contributed by atoms with Crippen LogP contribution in [0.25, 0.3) is 11.4 Å². The number of aryl methyl sites for hydroxylation is 2. The molecule has 0 aliphatic heterocycles. The first kappa shape index (κ1) is 22.8. The maximum atomic E-state index is 11.3. The third kappa shape index (κ3) is 5.35. The lowest BCUT2D eigenvalue weighted by atomic mass is 9.87. The zero-order valence-corrected chi connectivity index (χ0v) is 19.5. The van der Waals surface area contributed by atoms with Crippen molar-refractivity contribution in [3.63, 3.8) is 0 Å². The topological polar surface area (TPSA) is 134 Å². The molecule has 0 bridgehead atoms. The summed E-state index contributed by atoms with van der Waals surface area (Å²) in [4.78, 5) is 17.7. The van der Waals surface area contributed by atoms with Gasteiger partial charge in [-0.1, -0.05) is 19.1 Å². The summed E-state index contributed by atoms with van der Waals surface area (Å²) in [6.07, 6.45) is 3.26. The van der Waals surface area contributed by atoms with E-state index in [-0.39, 0.29) is 12.0 Å². The van der Waals surface area contributed by atoms with E-state index in [1.807, 2.05) is 26.1 Å². The van der Waals surface area contributed by atoms with E-state index in [2.05, 4.69) is 39.6 Å².